The van der Waals surface area contributed by atoms with Crippen LogP contribution in [-0.4, -0.2) is 23.5 Å². The monoisotopic (exact) mass is 438 g/mol. The van der Waals surface area contributed by atoms with E-state index in [1.807, 2.05) is 0 Å². The quantitative estimate of drug-likeness (QED) is 0.410. The third-order valence-corrected chi connectivity index (χ3v) is 5.25. The summed E-state index contributed by atoms with van der Waals surface area (Å²) in [5, 5.41) is 2.63. The number of nitrogens with two attached hydrogens (primary N) is 1. The molecule has 0 aliphatic carbocycles. The minimum absolute atomic E-state index is 0.00252. The minimum Gasteiger partial charge on any atom is -0.444 e. The summed E-state index contributed by atoms with van der Waals surface area (Å²) in [6, 6.07) is 20.4. The molecule has 3 aromatic rings. The van der Waals surface area contributed by atoms with Crippen molar-refractivity contribution in [1.82, 2.24) is 0 Å². The van der Waals surface area contributed by atoms with Crippen LogP contribution in [0.15, 0.2) is 83.8 Å². The lowest BCUT2D eigenvalue weighted by Gasteiger charge is -2.19. The molecule has 158 valence electrons. The maximum absolute atomic E-state index is 13.1. The van der Waals surface area contributed by atoms with Gasteiger partial charge in [-0.15, -0.1) is 11.8 Å². The first-order valence-electron chi connectivity index (χ1n) is 9.26. The van der Waals surface area contributed by atoms with Gasteiger partial charge in [0.2, 0.25) is 12.0 Å². The Labute approximate surface area is 182 Å². The summed E-state index contributed by atoms with van der Waals surface area (Å²) in [7, 11) is 0. The number of amides is 2. The summed E-state index contributed by atoms with van der Waals surface area (Å²) in [4.78, 5) is 37.5. The van der Waals surface area contributed by atoms with Crippen molar-refractivity contribution in [3.8, 4) is 0 Å². The van der Waals surface area contributed by atoms with Crippen LogP contribution in [0.2, 0.25) is 0 Å². The second-order valence-corrected chi connectivity index (χ2v) is 7.46. The zero-order valence-electron chi connectivity index (χ0n) is 16.3. The minimum atomic E-state index is -1.24. The largest absolute Gasteiger partial charge is 0.444 e. The van der Waals surface area contributed by atoms with Crippen molar-refractivity contribution in [2.75, 3.05) is 11.1 Å². The van der Waals surface area contributed by atoms with E-state index in [0.717, 1.165) is 11.8 Å². The summed E-state index contributed by atoms with van der Waals surface area (Å²) < 4.78 is 18.7. The highest BCUT2D eigenvalue weighted by Gasteiger charge is 2.27. The molecule has 6 nitrogen and oxygen atoms in total. The number of thioether (sulfide) groups is 1. The van der Waals surface area contributed by atoms with Gasteiger partial charge in [0.05, 0.1) is 11.3 Å². The van der Waals surface area contributed by atoms with Gasteiger partial charge in [0.15, 0.2) is 0 Å². The molecular formula is C23H19FN2O4S. The van der Waals surface area contributed by atoms with E-state index in [9.17, 15) is 18.8 Å². The highest BCUT2D eigenvalue weighted by atomic mass is 32.2. The summed E-state index contributed by atoms with van der Waals surface area (Å²) in [6.07, 6.45) is -1.24. The number of ether oxygens (including phenoxy) is 1. The van der Waals surface area contributed by atoms with Crippen molar-refractivity contribution in [1.29, 1.82) is 0 Å². The lowest BCUT2D eigenvalue weighted by atomic mass is 10.1. The van der Waals surface area contributed by atoms with Gasteiger partial charge in [-0.05, 0) is 36.4 Å². The van der Waals surface area contributed by atoms with E-state index in [1.165, 1.54) is 24.3 Å². The van der Waals surface area contributed by atoms with Crippen molar-refractivity contribution in [2.24, 2.45) is 5.73 Å². The van der Waals surface area contributed by atoms with Gasteiger partial charge < -0.3 is 15.8 Å². The fraction of sp³-hybridized carbons (Fsp3) is 0.0870. The Morgan fingerprint density at radius 2 is 1.58 bits per heavy atom. The van der Waals surface area contributed by atoms with E-state index in [4.69, 9.17) is 10.5 Å². The fourth-order valence-corrected chi connectivity index (χ4v) is 3.50. The Kier molecular flexibility index (Phi) is 7.40. The van der Waals surface area contributed by atoms with Crippen LogP contribution in [0.5, 0.6) is 0 Å². The first-order chi connectivity index (χ1) is 14.9. The van der Waals surface area contributed by atoms with Crippen LogP contribution in [0.25, 0.3) is 0 Å². The summed E-state index contributed by atoms with van der Waals surface area (Å²) in [6.45, 7) is 0. The molecule has 2 amide bonds. The number of benzene rings is 3. The van der Waals surface area contributed by atoms with Crippen LogP contribution in [0.4, 0.5) is 10.1 Å². The van der Waals surface area contributed by atoms with Crippen molar-refractivity contribution < 1.29 is 23.5 Å². The molecule has 8 heteroatoms. The molecule has 1 atom stereocenters. The highest BCUT2D eigenvalue weighted by Crippen LogP contribution is 2.27. The Bertz CT molecular complexity index is 1070. The number of halogens is 1. The summed E-state index contributed by atoms with van der Waals surface area (Å²) >= 11 is 1.11. The zero-order chi connectivity index (χ0) is 22.2. The average molecular weight is 438 g/mol. The average Bonchev–Trinajstić information content (AvgIpc) is 2.78. The Morgan fingerprint density at radius 1 is 0.935 bits per heavy atom. The van der Waals surface area contributed by atoms with Gasteiger partial charge >= 0.3 is 5.97 Å². The Balaban J connectivity index is 1.84. The highest BCUT2D eigenvalue weighted by molar-refractivity contribution is 8.00. The molecule has 3 N–H and O–H groups in total. The maximum atomic E-state index is 13.1. The summed E-state index contributed by atoms with van der Waals surface area (Å²) in [5.41, 5.74) is 6.24. The molecule has 1 unspecified atom stereocenters. The molecule has 0 spiro atoms. The van der Waals surface area contributed by atoms with E-state index < -0.39 is 29.7 Å². The summed E-state index contributed by atoms with van der Waals surface area (Å²) in [5.74, 6) is -2.27. The molecule has 0 bridgehead atoms. The zero-order valence-corrected chi connectivity index (χ0v) is 17.1. The van der Waals surface area contributed by atoms with Crippen LogP contribution in [0.3, 0.4) is 0 Å². The third kappa shape index (κ3) is 6.16. The number of nitrogens with one attached hydrogen (secondary N) is 1. The number of hydrogen-bond acceptors (Lipinski definition) is 5. The van der Waals surface area contributed by atoms with Gasteiger partial charge in [-0.2, -0.15) is 0 Å². The van der Waals surface area contributed by atoms with Crippen LogP contribution in [-0.2, 0) is 14.3 Å². The van der Waals surface area contributed by atoms with Gasteiger partial charge in [0.1, 0.15) is 5.82 Å². The van der Waals surface area contributed by atoms with Crippen molar-refractivity contribution in [3.63, 3.8) is 0 Å². The molecule has 0 aliphatic rings. The van der Waals surface area contributed by atoms with E-state index in [0.29, 0.717) is 16.1 Å². The van der Waals surface area contributed by atoms with Gasteiger partial charge in [-0.25, -0.2) is 9.18 Å². The van der Waals surface area contributed by atoms with Gasteiger partial charge in [0.25, 0.3) is 5.91 Å². The van der Waals surface area contributed by atoms with Crippen molar-refractivity contribution in [3.05, 3.63) is 95.8 Å². The van der Waals surface area contributed by atoms with Gasteiger partial charge in [-0.1, -0.05) is 42.5 Å². The topological polar surface area (TPSA) is 98.5 Å². The molecule has 0 saturated heterocycles. The van der Waals surface area contributed by atoms with Crippen molar-refractivity contribution in [2.45, 2.75) is 11.0 Å². The van der Waals surface area contributed by atoms with E-state index in [1.54, 1.807) is 54.6 Å². The van der Waals surface area contributed by atoms with Crippen molar-refractivity contribution >= 4 is 35.2 Å². The predicted octanol–water partition coefficient (Wildman–Crippen LogP) is 3.94. The van der Waals surface area contributed by atoms with Crippen LogP contribution < -0.4 is 11.1 Å². The number of hydrogen-bond donors (Lipinski definition) is 2. The maximum Gasteiger partial charge on any atom is 0.340 e. The van der Waals surface area contributed by atoms with Crippen LogP contribution in [0, 0.1) is 5.82 Å². The molecule has 0 aromatic heterocycles. The third-order valence-electron chi connectivity index (χ3n) is 4.15. The first kappa shape index (κ1) is 22.0. The van der Waals surface area contributed by atoms with E-state index in [-0.39, 0.29) is 11.3 Å². The molecule has 0 saturated carbocycles. The molecule has 31 heavy (non-hydrogen) atoms. The molecular weight excluding hydrogens is 419 g/mol. The normalized spacial score (nSPS) is 11.4. The first-order valence-corrected chi connectivity index (χ1v) is 10.2. The van der Waals surface area contributed by atoms with E-state index in [2.05, 4.69) is 5.32 Å². The van der Waals surface area contributed by atoms with Gasteiger partial charge in [-0.3, -0.25) is 9.59 Å². The fourth-order valence-electron chi connectivity index (χ4n) is 2.72. The lowest BCUT2D eigenvalue weighted by molar-refractivity contribution is -0.125. The molecule has 0 heterocycles. The molecule has 0 radical (unpaired) electrons. The Hall–Kier alpha value is -3.65. The Morgan fingerprint density at radius 3 is 2.26 bits per heavy atom. The molecule has 3 aromatic carbocycles. The molecule has 0 fully saturated rings. The van der Waals surface area contributed by atoms with Crippen LogP contribution >= 0.6 is 11.8 Å². The predicted molar refractivity (Wildman–Crippen MR) is 116 cm³/mol. The lowest BCUT2D eigenvalue weighted by Crippen LogP contribution is -2.26. The standard InChI is InChI=1S/C23H19FN2O4S/c24-16-10-12-17(13-11-16)26-22(28)21(15-6-2-1-3-7-15)30-23(29)18-8-4-5-9-19(18)31-14-20(25)27/h1-13,21H,14H2,(H2,25,27)(H,26,28). The number of carbonyl (C=O) groups excluding carboxylic acids is 3. The van der Waals surface area contributed by atoms with E-state index >= 15 is 0 Å². The second-order valence-electron chi connectivity index (χ2n) is 6.44. The SMILES string of the molecule is NC(=O)CSc1ccccc1C(=O)OC(C(=O)Nc1ccc(F)cc1)c1ccccc1. The number of esters is 1. The number of primary amides is 1. The smallest absolute Gasteiger partial charge is 0.340 e. The number of carbonyl (C=O) groups is 3. The number of anilines is 1. The molecule has 0 aliphatic heterocycles. The number of rotatable bonds is 8. The molecule has 3 rings (SSSR count). The van der Waals surface area contributed by atoms with Gasteiger partial charge in [0, 0.05) is 16.1 Å². The second kappa shape index (κ2) is 10.4. The van der Waals surface area contributed by atoms with Crippen LogP contribution in [0.1, 0.15) is 22.0 Å².